The van der Waals surface area contributed by atoms with Gasteiger partial charge in [0.2, 0.25) is 5.91 Å². The molecule has 0 aliphatic carbocycles. The van der Waals surface area contributed by atoms with Gasteiger partial charge in [0.25, 0.3) is 0 Å². The monoisotopic (exact) mass is 336 g/mol. The van der Waals surface area contributed by atoms with Crippen molar-refractivity contribution in [2.24, 2.45) is 0 Å². The number of aryl methyl sites for hydroxylation is 1. The number of anilines is 2. The second-order valence-electron chi connectivity index (χ2n) is 7.06. The van der Waals surface area contributed by atoms with Crippen LogP contribution >= 0.6 is 0 Å². The van der Waals surface area contributed by atoms with Crippen LogP contribution in [0.5, 0.6) is 5.75 Å². The first-order chi connectivity index (χ1) is 12.2. The third-order valence-electron chi connectivity index (χ3n) is 5.29. The highest BCUT2D eigenvalue weighted by atomic mass is 16.3. The number of carbonyl (C=O) groups excluding carboxylic acids is 1. The third-order valence-corrected chi connectivity index (χ3v) is 5.29. The Morgan fingerprint density at radius 1 is 1.24 bits per heavy atom. The molecule has 4 rings (SSSR count). The van der Waals surface area contributed by atoms with Crippen LogP contribution in [-0.2, 0) is 11.2 Å². The van der Waals surface area contributed by atoms with Crippen LogP contribution in [0.25, 0.3) is 0 Å². The fourth-order valence-electron chi connectivity index (χ4n) is 4.16. The minimum Gasteiger partial charge on any atom is -0.508 e. The molecule has 4 nitrogen and oxygen atoms in total. The normalized spacial score (nSPS) is 19.2. The van der Waals surface area contributed by atoms with Crippen LogP contribution in [0.3, 0.4) is 0 Å². The second kappa shape index (κ2) is 6.43. The largest absolute Gasteiger partial charge is 0.508 e. The van der Waals surface area contributed by atoms with E-state index in [1.54, 1.807) is 12.1 Å². The van der Waals surface area contributed by atoms with Crippen LogP contribution in [0, 0.1) is 0 Å². The van der Waals surface area contributed by atoms with E-state index in [0.717, 1.165) is 37.2 Å². The molecule has 2 aromatic rings. The third kappa shape index (κ3) is 2.97. The predicted molar refractivity (Wildman–Crippen MR) is 100 cm³/mol. The summed E-state index contributed by atoms with van der Waals surface area (Å²) in [5.41, 5.74) is 5.75. The summed E-state index contributed by atoms with van der Waals surface area (Å²) in [4.78, 5) is 14.6. The number of nitrogens with zero attached hydrogens (tertiary/aromatic N) is 1. The number of fused-ring (bicyclic) bond motifs is 2. The maximum atomic E-state index is 12.1. The molecule has 130 valence electrons. The van der Waals surface area contributed by atoms with Gasteiger partial charge in [0, 0.05) is 42.9 Å². The Hall–Kier alpha value is -2.49. The molecule has 2 aliphatic rings. The summed E-state index contributed by atoms with van der Waals surface area (Å²) in [5, 5.41) is 12.6. The zero-order valence-electron chi connectivity index (χ0n) is 14.6. The number of phenols is 1. The molecule has 1 amide bonds. The number of hydrogen-bond acceptors (Lipinski definition) is 3. The molecule has 0 fully saturated rings. The zero-order valence-corrected chi connectivity index (χ0v) is 14.6. The molecule has 0 aromatic heterocycles. The van der Waals surface area contributed by atoms with Crippen molar-refractivity contribution in [1.82, 2.24) is 0 Å². The van der Waals surface area contributed by atoms with Crippen molar-refractivity contribution in [2.75, 3.05) is 23.3 Å². The molecule has 25 heavy (non-hydrogen) atoms. The van der Waals surface area contributed by atoms with Crippen LogP contribution in [0.1, 0.15) is 48.8 Å². The van der Waals surface area contributed by atoms with Gasteiger partial charge in [-0.25, -0.2) is 0 Å². The van der Waals surface area contributed by atoms with Gasteiger partial charge < -0.3 is 15.3 Å². The van der Waals surface area contributed by atoms with Gasteiger partial charge in [-0.3, -0.25) is 4.79 Å². The molecule has 0 bridgehead atoms. The van der Waals surface area contributed by atoms with Crippen LogP contribution in [0.2, 0.25) is 0 Å². The molecular formula is C21H24N2O2. The van der Waals surface area contributed by atoms with Crippen molar-refractivity contribution >= 4 is 17.3 Å². The SMILES string of the molecule is CCCN1CCCc2cc(C3CC(=O)Nc4cc(O)ccc43)ccc21. The average molecular weight is 336 g/mol. The smallest absolute Gasteiger partial charge is 0.225 e. The van der Waals surface area contributed by atoms with Gasteiger partial charge in [0.1, 0.15) is 5.75 Å². The molecule has 2 aromatic carbocycles. The van der Waals surface area contributed by atoms with Gasteiger partial charge >= 0.3 is 0 Å². The average Bonchev–Trinajstić information content (AvgIpc) is 2.60. The molecule has 2 N–H and O–H groups in total. The standard InChI is InChI=1S/C21H24N2O2/c1-2-9-23-10-3-4-15-11-14(5-8-20(15)23)18-13-21(25)22-19-12-16(24)6-7-17(18)19/h5-8,11-12,18,24H,2-4,9-10,13H2,1H3,(H,22,25). The summed E-state index contributed by atoms with van der Waals surface area (Å²) < 4.78 is 0. The van der Waals surface area contributed by atoms with Crippen molar-refractivity contribution in [1.29, 1.82) is 0 Å². The number of aromatic hydroxyl groups is 1. The van der Waals surface area contributed by atoms with Crippen LogP contribution in [-0.4, -0.2) is 24.1 Å². The first-order valence-electron chi connectivity index (χ1n) is 9.16. The van der Waals surface area contributed by atoms with E-state index in [0.29, 0.717) is 6.42 Å². The van der Waals surface area contributed by atoms with E-state index in [1.807, 2.05) is 6.07 Å². The van der Waals surface area contributed by atoms with E-state index in [4.69, 9.17) is 0 Å². The first kappa shape index (κ1) is 16.0. The van der Waals surface area contributed by atoms with E-state index >= 15 is 0 Å². The van der Waals surface area contributed by atoms with E-state index in [1.165, 1.54) is 23.2 Å². The molecule has 0 spiro atoms. The minimum absolute atomic E-state index is 0.00781. The minimum atomic E-state index is 0.00781. The lowest BCUT2D eigenvalue weighted by Crippen LogP contribution is -2.30. The first-order valence-corrected chi connectivity index (χ1v) is 9.16. The quantitative estimate of drug-likeness (QED) is 0.890. The van der Waals surface area contributed by atoms with Gasteiger partial charge in [-0.05, 0) is 48.1 Å². The molecular weight excluding hydrogens is 312 g/mol. The molecule has 2 aliphatic heterocycles. The summed E-state index contributed by atoms with van der Waals surface area (Å²) in [6, 6.07) is 12.0. The molecule has 2 heterocycles. The lowest BCUT2D eigenvalue weighted by Gasteiger charge is -2.33. The number of nitrogens with one attached hydrogen (secondary N) is 1. The number of hydrogen-bond donors (Lipinski definition) is 2. The van der Waals surface area contributed by atoms with Gasteiger partial charge in [0.15, 0.2) is 0 Å². The molecule has 0 saturated heterocycles. The van der Waals surface area contributed by atoms with Crippen molar-refractivity contribution in [3.63, 3.8) is 0 Å². The Balaban J connectivity index is 1.72. The highest BCUT2D eigenvalue weighted by Crippen LogP contribution is 2.40. The second-order valence-corrected chi connectivity index (χ2v) is 7.06. The molecule has 0 radical (unpaired) electrons. The summed E-state index contributed by atoms with van der Waals surface area (Å²) in [6.45, 7) is 4.45. The number of amides is 1. The van der Waals surface area contributed by atoms with Crippen LogP contribution in [0.4, 0.5) is 11.4 Å². The van der Waals surface area contributed by atoms with E-state index in [2.05, 4.69) is 35.3 Å². The maximum absolute atomic E-state index is 12.1. The number of phenolic OH excluding ortho intramolecular Hbond substituents is 1. The van der Waals surface area contributed by atoms with Gasteiger partial charge in [-0.15, -0.1) is 0 Å². The zero-order chi connectivity index (χ0) is 17.4. The molecule has 0 saturated carbocycles. The van der Waals surface area contributed by atoms with Gasteiger partial charge in [-0.1, -0.05) is 25.1 Å². The fourth-order valence-corrected chi connectivity index (χ4v) is 4.16. The summed E-state index contributed by atoms with van der Waals surface area (Å²) in [5.74, 6) is 0.241. The highest BCUT2D eigenvalue weighted by Gasteiger charge is 2.28. The lowest BCUT2D eigenvalue weighted by molar-refractivity contribution is -0.116. The maximum Gasteiger partial charge on any atom is 0.225 e. The van der Waals surface area contributed by atoms with Crippen LogP contribution < -0.4 is 10.2 Å². The van der Waals surface area contributed by atoms with Gasteiger partial charge in [0.05, 0.1) is 0 Å². The number of carbonyl (C=O) groups is 1. The van der Waals surface area contributed by atoms with Crippen molar-refractivity contribution < 1.29 is 9.90 Å². The Labute approximate surface area is 148 Å². The Morgan fingerprint density at radius 3 is 2.96 bits per heavy atom. The molecule has 1 atom stereocenters. The number of benzene rings is 2. The van der Waals surface area contributed by atoms with E-state index in [-0.39, 0.29) is 17.6 Å². The van der Waals surface area contributed by atoms with Crippen LogP contribution in [0.15, 0.2) is 36.4 Å². The van der Waals surface area contributed by atoms with Crippen molar-refractivity contribution in [3.8, 4) is 5.75 Å². The predicted octanol–water partition coefficient (Wildman–Crippen LogP) is 4.03. The molecule has 4 heteroatoms. The highest BCUT2D eigenvalue weighted by molar-refractivity contribution is 5.95. The topological polar surface area (TPSA) is 52.6 Å². The summed E-state index contributed by atoms with van der Waals surface area (Å²) >= 11 is 0. The number of rotatable bonds is 3. The van der Waals surface area contributed by atoms with E-state index in [9.17, 15) is 9.90 Å². The Kier molecular flexibility index (Phi) is 4.12. The lowest BCUT2D eigenvalue weighted by atomic mass is 9.83. The fraction of sp³-hybridized carbons (Fsp3) is 0.381. The van der Waals surface area contributed by atoms with Gasteiger partial charge in [-0.2, -0.15) is 0 Å². The Morgan fingerprint density at radius 2 is 2.12 bits per heavy atom. The summed E-state index contributed by atoms with van der Waals surface area (Å²) in [7, 11) is 0. The van der Waals surface area contributed by atoms with Crippen molar-refractivity contribution in [3.05, 3.63) is 53.1 Å². The van der Waals surface area contributed by atoms with Crippen molar-refractivity contribution in [2.45, 2.75) is 38.5 Å². The van der Waals surface area contributed by atoms with E-state index < -0.39 is 0 Å². The molecule has 1 unspecified atom stereocenters. The summed E-state index contributed by atoms with van der Waals surface area (Å²) in [6.07, 6.45) is 3.90. The Bertz CT molecular complexity index is 816.